The minimum atomic E-state index is -0.227. The van der Waals surface area contributed by atoms with Gasteiger partial charge in [0, 0.05) is 5.71 Å². The summed E-state index contributed by atoms with van der Waals surface area (Å²) < 4.78 is 13.4. The van der Waals surface area contributed by atoms with Crippen molar-refractivity contribution in [1.29, 1.82) is 0 Å². The summed E-state index contributed by atoms with van der Waals surface area (Å²) in [4.78, 5) is 4.59. The van der Waals surface area contributed by atoms with Crippen molar-refractivity contribution in [3.05, 3.63) is 66.0 Å². The Morgan fingerprint density at radius 3 is 2.60 bits per heavy atom. The lowest BCUT2D eigenvalue weighted by atomic mass is 9.96. The fraction of sp³-hybridized carbons (Fsp3) is 0.167. The van der Waals surface area contributed by atoms with Crippen LogP contribution in [-0.4, -0.2) is 5.71 Å². The van der Waals surface area contributed by atoms with Gasteiger partial charge in [-0.15, -0.1) is 0 Å². The van der Waals surface area contributed by atoms with Crippen molar-refractivity contribution in [1.82, 2.24) is 0 Å². The zero-order valence-electron chi connectivity index (χ0n) is 12.1. The third-order valence-corrected chi connectivity index (χ3v) is 3.35. The van der Waals surface area contributed by atoms with Gasteiger partial charge in [-0.2, -0.15) is 0 Å². The van der Waals surface area contributed by atoms with Crippen molar-refractivity contribution < 1.29 is 4.39 Å². The Morgan fingerprint density at radius 2 is 1.95 bits per heavy atom. The van der Waals surface area contributed by atoms with Crippen LogP contribution in [-0.2, 0) is 0 Å². The highest BCUT2D eigenvalue weighted by molar-refractivity contribution is 5.95. The summed E-state index contributed by atoms with van der Waals surface area (Å²) in [5.74, 6) is -0.227. The predicted octanol–water partition coefficient (Wildman–Crippen LogP) is 5.39. The molecule has 0 radical (unpaired) electrons. The van der Waals surface area contributed by atoms with E-state index in [2.05, 4.69) is 11.6 Å². The molecule has 0 saturated heterocycles. The number of allylic oxidation sites excluding steroid dienone is 1. The standard InChI is InChI=1S/C18H18FN/c1-5-13(3)20-18-12(2)9-10-17(14(18)4)15-7-6-8-16(19)11-15/h5-11H,1H2,2-4H3/b20-13-. The molecule has 0 spiro atoms. The van der Waals surface area contributed by atoms with Crippen LogP contribution < -0.4 is 0 Å². The monoisotopic (exact) mass is 267 g/mol. The van der Waals surface area contributed by atoms with Gasteiger partial charge in [0.2, 0.25) is 0 Å². The second-order valence-electron chi connectivity index (χ2n) is 4.87. The molecule has 0 N–H and O–H groups in total. The first kappa shape index (κ1) is 14.2. The van der Waals surface area contributed by atoms with Crippen molar-refractivity contribution in [2.75, 3.05) is 0 Å². The molecule has 0 aromatic heterocycles. The molecule has 2 aromatic rings. The molecule has 102 valence electrons. The van der Waals surface area contributed by atoms with E-state index in [-0.39, 0.29) is 5.82 Å². The minimum Gasteiger partial charge on any atom is -0.253 e. The van der Waals surface area contributed by atoms with Crippen LogP contribution in [0.4, 0.5) is 10.1 Å². The van der Waals surface area contributed by atoms with Crippen LogP contribution in [0, 0.1) is 19.7 Å². The SMILES string of the molecule is C=C/C(C)=N\c1c(C)ccc(-c2cccc(F)c2)c1C. The Morgan fingerprint density at radius 1 is 1.20 bits per heavy atom. The van der Waals surface area contributed by atoms with Gasteiger partial charge in [0.1, 0.15) is 5.82 Å². The zero-order valence-corrected chi connectivity index (χ0v) is 12.1. The van der Waals surface area contributed by atoms with E-state index < -0.39 is 0 Å². The quantitative estimate of drug-likeness (QED) is 0.661. The molecule has 0 atom stereocenters. The van der Waals surface area contributed by atoms with Gasteiger partial charge in [0.25, 0.3) is 0 Å². The smallest absolute Gasteiger partial charge is 0.123 e. The molecule has 2 rings (SSSR count). The maximum atomic E-state index is 13.4. The number of nitrogens with zero attached hydrogens (tertiary/aromatic N) is 1. The highest BCUT2D eigenvalue weighted by Crippen LogP contribution is 2.33. The van der Waals surface area contributed by atoms with Gasteiger partial charge in [-0.25, -0.2) is 4.39 Å². The fourth-order valence-corrected chi connectivity index (χ4v) is 2.20. The van der Waals surface area contributed by atoms with Gasteiger partial charge in [0.05, 0.1) is 5.69 Å². The van der Waals surface area contributed by atoms with Gasteiger partial charge < -0.3 is 0 Å². The molecule has 0 aliphatic carbocycles. The number of hydrogen-bond donors (Lipinski definition) is 0. The Kier molecular flexibility index (Phi) is 4.14. The summed E-state index contributed by atoms with van der Waals surface area (Å²) in [6, 6.07) is 10.7. The molecule has 20 heavy (non-hydrogen) atoms. The molecule has 0 unspecified atom stereocenters. The van der Waals surface area contributed by atoms with Crippen LogP contribution in [0.3, 0.4) is 0 Å². The summed E-state index contributed by atoms with van der Waals surface area (Å²) in [5, 5.41) is 0. The maximum Gasteiger partial charge on any atom is 0.123 e. The molecule has 1 nitrogen and oxygen atoms in total. The van der Waals surface area contributed by atoms with Gasteiger partial charge in [0.15, 0.2) is 0 Å². The van der Waals surface area contributed by atoms with E-state index >= 15 is 0 Å². The average Bonchev–Trinajstić information content (AvgIpc) is 2.43. The van der Waals surface area contributed by atoms with Crippen LogP contribution >= 0.6 is 0 Å². The second kappa shape index (κ2) is 5.83. The first-order valence-electron chi connectivity index (χ1n) is 6.57. The third-order valence-electron chi connectivity index (χ3n) is 3.35. The lowest BCUT2D eigenvalue weighted by molar-refractivity contribution is 0.628. The van der Waals surface area contributed by atoms with Crippen LogP contribution in [0.25, 0.3) is 11.1 Å². The predicted molar refractivity (Wildman–Crippen MR) is 84.3 cm³/mol. The van der Waals surface area contributed by atoms with Crippen LogP contribution in [0.15, 0.2) is 54.0 Å². The second-order valence-corrected chi connectivity index (χ2v) is 4.87. The topological polar surface area (TPSA) is 12.4 Å². The highest BCUT2D eigenvalue weighted by Gasteiger charge is 2.09. The van der Waals surface area contributed by atoms with Crippen molar-refractivity contribution in [3.63, 3.8) is 0 Å². The summed E-state index contributed by atoms with van der Waals surface area (Å²) in [6.45, 7) is 9.69. The summed E-state index contributed by atoms with van der Waals surface area (Å²) >= 11 is 0. The number of halogens is 1. The molecule has 2 heteroatoms. The molecule has 0 amide bonds. The Hall–Kier alpha value is -2.22. The van der Waals surface area contributed by atoms with Crippen molar-refractivity contribution >= 4 is 11.4 Å². The van der Waals surface area contributed by atoms with Crippen LogP contribution in [0.2, 0.25) is 0 Å². The molecule has 0 saturated carbocycles. The molecule has 0 bridgehead atoms. The molecule has 0 fully saturated rings. The van der Waals surface area contributed by atoms with E-state index in [1.807, 2.05) is 39.0 Å². The number of rotatable bonds is 3. The van der Waals surface area contributed by atoms with Gasteiger partial charge in [-0.1, -0.05) is 30.8 Å². The minimum absolute atomic E-state index is 0.227. The van der Waals surface area contributed by atoms with Gasteiger partial charge in [-0.05, 0) is 61.2 Å². The lowest BCUT2D eigenvalue weighted by Crippen LogP contribution is -1.90. The summed E-state index contributed by atoms with van der Waals surface area (Å²) in [7, 11) is 0. The van der Waals surface area contributed by atoms with E-state index in [1.165, 1.54) is 6.07 Å². The first-order valence-corrected chi connectivity index (χ1v) is 6.57. The van der Waals surface area contributed by atoms with Gasteiger partial charge >= 0.3 is 0 Å². The number of hydrogen-bond acceptors (Lipinski definition) is 1. The number of benzene rings is 2. The van der Waals surface area contributed by atoms with E-state index in [1.54, 1.807) is 18.2 Å². The zero-order chi connectivity index (χ0) is 14.7. The van der Waals surface area contributed by atoms with E-state index in [0.717, 1.165) is 33.7 Å². The Labute approximate surface area is 119 Å². The Bertz CT molecular complexity index is 684. The molecule has 2 aromatic carbocycles. The van der Waals surface area contributed by atoms with Crippen molar-refractivity contribution in [2.24, 2.45) is 4.99 Å². The van der Waals surface area contributed by atoms with Crippen molar-refractivity contribution in [3.8, 4) is 11.1 Å². The van der Waals surface area contributed by atoms with E-state index in [4.69, 9.17) is 0 Å². The van der Waals surface area contributed by atoms with Crippen LogP contribution in [0.5, 0.6) is 0 Å². The summed E-state index contributed by atoms with van der Waals surface area (Å²) in [6.07, 6.45) is 1.73. The lowest BCUT2D eigenvalue weighted by Gasteiger charge is -2.12. The van der Waals surface area contributed by atoms with E-state index in [9.17, 15) is 4.39 Å². The van der Waals surface area contributed by atoms with Crippen molar-refractivity contribution in [2.45, 2.75) is 20.8 Å². The molecule has 0 heterocycles. The molecular weight excluding hydrogens is 249 g/mol. The maximum absolute atomic E-state index is 13.4. The molecular formula is C18H18FN. The van der Waals surface area contributed by atoms with E-state index in [0.29, 0.717) is 0 Å². The van der Waals surface area contributed by atoms with Crippen LogP contribution in [0.1, 0.15) is 18.1 Å². The Balaban J connectivity index is 2.63. The third kappa shape index (κ3) is 2.85. The first-order chi connectivity index (χ1) is 9.52. The average molecular weight is 267 g/mol. The fourth-order valence-electron chi connectivity index (χ4n) is 2.20. The normalized spacial score (nSPS) is 11.5. The summed E-state index contributed by atoms with van der Waals surface area (Å²) in [5.41, 5.74) is 5.83. The molecule has 0 aliphatic rings. The largest absolute Gasteiger partial charge is 0.253 e. The number of aliphatic imine (C=N–C) groups is 1. The number of aryl methyl sites for hydroxylation is 1. The highest BCUT2D eigenvalue weighted by atomic mass is 19.1. The van der Waals surface area contributed by atoms with Gasteiger partial charge in [-0.3, -0.25) is 4.99 Å². The molecule has 0 aliphatic heterocycles.